The zero-order valence-electron chi connectivity index (χ0n) is 16.6. The average molecular weight is 379 g/mol. The topological polar surface area (TPSA) is 55.8 Å². The van der Waals surface area contributed by atoms with Crippen LogP contribution in [0.3, 0.4) is 0 Å². The number of esters is 2. The fraction of sp³-hybridized carbons (Fsp3) is 0.304. The van der Waals surface area contributed by atoms with Crippen LogP contribution in [0.5, 0.6) is 0 Å². The number of hydrogen-bond acceptors (Lipinski definition) is 5. The first-order valence-corrected chi connectivity index (χ1v) is 9.29. The van der Waals surface area contributed by atoms with E-state index in [1.807, 2.05) is 60.7 Å². The molecule has 2 aromatic rings. The van der Waals surface area contributed by atoms with E-state index in [0.29, 0.717) is 11.1 Å². The van der Waals surface area contributed by atoms with E-state index in [2.05, 4.69) is 18.7 Å². The highest BCUT2D eigenvalue weighted by molar-refractivity contribution is 6.03. The molecule has 1 heterocycles. The Bertz CT molecular complexity index is 804. The van der Waals surface area contributed by atoms with Crippen LogP contribution in [-0.4, -0.2) is 37.1 Å². The number of rotatable bonds is 5. The standard InChI is InChI=1S/C23H25NO4/c1-15(2)24-20(16-11-7-5-8-12-16)18(22(25)27-3)19(23(26)28-4)21(24)17-13-9-6-10-14-17/h5-15,20-21H,1-4H3/t20-,21-/m1/s1. The van der Waals surface area contributed by atoms with Crippen molar-refractivity contribution in [3.63, 3.8) is 0 Å². The smallest absolute Gasteiger partial charge is 0.336 e. The summed E-state index contributed by atoms with van der Waals surface area (Å²) in [6, 6.07) is 18.6. The molecule has 2 atom stereocenters. The van der Waals surface area contributed by atoms with Crippen molar-refractivity contribution in [3.8, 4) is 0 Å². The Kier molecular flexibility index (Phi) is 5.95. The number of hydrogen-bond donors (Lipinski definition) is 0. The molecule has 0 aliphatic carbocycles. The predicted octanol–water partition coefficient (Wildman–Crippen LogP) is 3.84. The maximum absolute atomic E-state index is 12.9. The van der Waals surface area contributed by atoms with Gasteiger partial charge in [0.25, 0.3) is 0 Å². The Morgan fingerprint density at radius 3 is 1.39 bits per heavy atom. The lowest BCUT2D eigenvalue weighted by molar-refractivity contribution is -0.139. The van der Waals surface area contributed by atoms with Gasteiger partial charge in [-0.3, -0.25) is 4.90 Å². The molecule has 1 aliphatic heterocycles. The van der Waals surface area contributed by atoms with Crippen molar-refractivity contribution < 1.29 is 19.1 Å². The molecule has 0 spiro atoms. The molecule has 0 unspecified atom stereocenters. The van der Waals surface area contributed by atoms with Gasteiger partial charge in [-0.2, -0.15) is 0 Å². The first kappa shape index (κ1) is 19.8. The molecule has 28 heavy (non-hydrogen) atoms. The van der Waals surface area contributed by atoms with Crippen molar-refractivity contribution in [2.45, 2.75) is 32.0 Å². The summed E-state index contributed by atoms with van der Waals surface area (Å²) in [5, 5.41) is 0. The summed E-state index contributed by atoms with van der Waals surface area (Å²) in [6.07, 6.45) is 0. The van der Waals surface area contributed by atoms with Gasteiger partial charge in [-0.25, -0.2) is 9.59 Å². The molecule has 0 amide bonds. The zero-order valence-corrected chi connectivity index (χ0v) is 16.6. The third-order valence-electron chi connectivity index (χ3n) is 5.07. The van der Waals surface area contributed by atoms with Crippen LogP contribution in [0.2, 0.25) is 0 Å². The molecule has 3 rings (SSSR count). The molecule has 0 saturated heterocycles. The van der Waals surface area contributed by atoms with Crippen LogP contribution in [0.4, 0.5) is 0 Å². The van der Waals surface area contributed by atoms with E-state index in [0.717, 1.165) is 11.1 Å². The van der Waals surface area contributed by atoms with E-state index >= 15 is 0 Å². The fourth-order valence-corrected chi connectivity index (χ4v) is 3.95. The summed E-state index contributed by atoms with van der Waals surface area (Å²) in [7, 11) is 2.67. The van der Waals surface area contributed by atoms with Crippen LogP contribution in [0.15, 0.2) is 71.8 Å². The van der Waals surface area contributed by atoms with E-state index in [-0.39, 0.29) is 6.04 Å². The molecule has 5 nitrogen and oxygen atoms in total. The molecule has 1 aliphatic rings. The summed E-state index contributed by atoms with van der Waals surface area (Å²) in [5.41, 5.74) is 2.53. The van der Waals surface area contributed by atoms with Crippen LogP contribution in [0, 0.1) is 0 Å². The highest BCUT2D eigenvalue weighted by Gasteiger charge is 2.49. The van der Waals surface area contributed by atoms with Crippen LogP contribution < -0.4 is 0 Å². The minimum Gasteiger partial charge on any atom is -0.466 e. The average Bonchev–Trinajstić information content (AvgIpc) is 3.10. The minimum atomic E-state index is -0.515. The molecule has 0 N–H and O–H groups in total. The molecule has 2 aromatic carbocycles. The van der Waals surface area contributed by atoms with Crippen molar-refractivity contribution in [2.75, 3.05) is 14.2 Å². The van der Waals surface area contributed by atoms with Gasteiger partial charge >= 0.3 is 11.9 Å². The van der Waals surface area contributed by atoms with Gasteiger partial charge in [-0.15, -0.1) is 0 Å². The van der Waals surface area contributed by atoms with Crippen molar-refractivity contribution >= 4 is 11.9 Å². The Morgan fingerprint density at radius 2 is 1.11 bits per heavy atom. The molecular weight excluding hydrogens is 354 g/mol. The third kappa shape index (κ3) is 3.45. The van der Waals surface area contributed by atoms with Crippen LogP contribution in [0.1, 0.15) is 37.1 Å². The number of carbonyl (C=O) groups is 2. The van der Waals surface area contributed by atoms with E-state index in [4.69, 9.17) is 9.47 Å². The Labute approximate surface area is 165 Å². The summed E-state index contributed by atoms with van der Waals surface area (Å²) >= 11 is 0. The minimum absolute atomic E-state index is 0.0530. The molecule has 0 aromatic heterocycles. The normalized spacial score (nSPS) is 19.8. The van der Waals surface area contributed by atoms with Gasteiger partial charge in [0, 0.05) is 6.04 Å². The van der Waals surface area contributed by atoms with Crippen molar-refractivity contribution in [3.05, 3.63) is 82.9 Å². The second kappa shape index (κ2) is 8.40. The van der Waals surface area contributed by atoms with Crippen molar-refractivity contribution in [1.82, 2.24) is 4.90 Å². The monoisotopic (exact) mass is 379 g/mol. The summed E-state index contributed by atoms with van der Waals surface area (Å²) in [6.45, 7) is 4.11. The molecule has 0 fully saturated rings. The van der Waals surface area contributed by atoms with E-state index in [1.165, 1.54) is 14.2 Å². The summed E-state index contributed by atoms with van der Waals surface area (Å²) < 4.78 is 10.2. The Balaban J connectivity index is 2.32. The van der Waals surface area contributed by atoms with Gasteiger partial charge < -0.3 is 9.47 Å². The second-order valence-electron chi connectivity index (χ2n) is 6.98. The largest absolute Gasteiger partial charge is 0.466 e. The molecule has 0 bridgehead atoms. The Hall–Kier alpha value is -2.92. The van der Waals surface area contributed by atoms with Gasteiger partial charge in [0.2, 0.25) is 0 Å². The molecule has 146 valence electrons. The summed E-state index contributed by atoms with van der Waals surface area (Å²) in [4.78, 5) is 27.9. The second-order valence-corrected chi connectivity index (χ2v) is 6.98. The van der Waals surface area contributed by atoms with Crippen LogP contribution in [0.25, 0.3) is 0 Å². The SMILES string of the molecule is COC(=O)C1=C(C(=O)OC)[C@@H](c2ccccc2)N(C(C)C)[C@@H]1c1ccccc1. The molecule has 0 saturated carbocycles. The van der Waals surface area contributed by atoms with Gasteiger partial charge in [0.15, 0.2) is 0 Å². The lowest BCUT2D eigenvalue weighted by atomic mass is 9.95. The van der Waals surface area contributed by atoms with E-state index in [1.54, 1.807) is 0 Å². The number of benzene rings is 2. The number of nitrogens with zero attached hydrogens (tertiary/aromatic N) is 1. The van der Waals surface area contributed by atoms with Gasteiger partial charge in [-0.1, -0.05) is 60.7 Å². The van der Waals surface area contributed by atoms with Gasteiger partial charge in [-0.05, 0) is 25.0 Å². The quantitative estimate of drug-likeness (QED) is 0.739. The highest BCUT2D eigenvalue weighted by atomic mass is 16.5. The first-order valence-electron chi connectivity index (χ1n) is 9.29. The van der Waals surface area contributed by atoms with Crippen molar-refractivity contribution in [2.24, 2.45) is 0 Å². The maximum Gasteiger partial charge on any atom is 0.336 e. The molecular formula is C23H25NO4. The van der Waals surface area contributed by atoms with Crippen LogP contribution >= 0.6 is 0 Å². The first-order chi connectivity index (χ1) is 13.5. The van der Waals surface area contributed by atoms with E-state index < -0.39 is 24.0 Å². The summed E-state index contributed by atoms with van der Waals surface area (Å²) in [5.74, 6) is -1.03. The lowest BCUT2D eigenvalue weighted by Gasteiger charge is -2.35. The fourth-order valence-electron chi connectivity index (χ4n) is 3.95. The van der Waals surface area contributed by atoms with Gasteiger partial charge in [0.1, 0.15) is 0 Å². The molecule has 5 heteroatoms. The zero-order chi connectivity index (χ0) is 20.3. The predicted molar refractivity (Wildman–Crippen MR) is 106 cm³/mol. The van der Waals surface area contributed by atoms with Crippen LogP contribution in [-0.2, 0) is 19.1 Å². The highest BCUT2D eigenvalue weighted by Crippen LogP contribution is 2.49. The molecule has 0 radical (unpaired) electrons. The number of carbonyl (C=O) groups excluding carboxylic acids is 2. The number of ether oxygens (including phenoxy) is 2. The van der Waals surface area contributed by atoms with E-state index in [9.17, 15) is 9.59 Å². The van der Waals surface area contributed by atoms with Gasteiger partial charge in [0.05, 0.1) is 37.4 Å². The maximum atomic E-state index is 12.9. The third-order valence-corrected chi connectivity index (χ3v) is 5.07. The Morgan fingerprint density at radius 1 is 0.750 bits per heavy atom. The lowest BCUT2D eigenvalue weighted by Crippen LogP contribution is -2.36. The van der Waals surface area contributed by atoms with Crippen molar-refractivity contribution in [1.29, 1.82) is 0 Å². The number of methoxy groups -OCH3 is 2.